The Kier molecular flexibility index (Phi) is 9.70. The summed E-state index contributed by atoms with van der Waals surface area (Å²) in [5, 5.41) is 6.64. The number of halogens is 5. The first-order valence-corrected chi connectivity index (χ1v) is 10.1. The van der Waals surface area contributed by atoms with Gasteiger partial charge in [0.25, 0.3) is 0 Å². The molecule has 0 saturated carbocycles. The third kappa shape index (κ3) is 6.88. The number of hydrogen-bond donors (Lipinski definition) is 2. The zero-order valence-electron chi connectivity index (χ0n) is 15.0. The fraction of sp³-hybridized carbons (Fsp3) is 0.600. The average Bonchev–Trinajstić information content (AvgIpc) is 2.62. The van der Waals surface area contributed by atoms with Gasteiger partial charge >= 0.3 is 15.5 Å². The Hall–Kier alpha value is -0.860. The lowest BCUT2D eigenvalue weighted by atomic mass is 10.1. The Morgan fingerprint density at radius 1 is 1.36 bits per heavy atom. The van der Waals surface area contributed by atoms with Crippen molar-refractivity contribution in [2.75, 3.05) is 26.7 Å². The van der Waals surface area contributed by atoms with Crippen LogP contribution in [-0.2, 0) is 16.4 Å². The quantitative estimate of drug-likeness (QED) is 0.252. The maximum absolute atomic E-state index is 12.6. The van der Waals surface area contributed by atoms with E-state index in [9.17, 15) is 21.6 Å². The molecule has 0 aliphatic carbocycles. The Morgan fingerprint density at radius 2 is 2.00 bits per heavy atom. The van der Waals surface area contributed by atoms with Crippen LogP contribution >= 0.6 is 35.6 Å². The number of aliphatic imine (C=N–C) groups is 1. The summed E-state index contributed by atoms with van der Waals surface area (Å²) in [5.74, 6) is 0.508. The lowest BCUT2D eigenvalue weighted by Crippen LogP contribution is -2.51. The average molecular weight is 556 g/mol. The lowest BCUT2D eigenvalue weighted by molar-refractivity contribution is -0.0494. The second-order valence-electron chi connectivity index (χ2n) is 6.01. The highest BCUT2D eigenvalue weighted by Crippen LogP contribution is 2.28. The number of aromatic nitrogens is 1. The molecule has 1 aromatic heterocycles. The van der Waals surface area contributed by atoms with Crippen LogP contribution in [0.25, 0.3) is 0 Å². The summed E-state index contributed by atoms with van der Waals surface area (Å²) in [4.78, 5) is 8.07. The molecule has 1 aliphatic heterocycles. The molecule has 1 saturated heterocycles. The van der Waals surface area contributed by atoms with E-state index in [0.29, 0.717) is 28.4 Å². The highest BCUT2D eigenvalue weighted by Gasteiger charge is 2.50. The lowest BCUT2D eigenvalue weighted by Gasteiger charge is -2.32. The molecule has 2 N–H and O–H groups in total. The van der Waals surface area contributed by atoms with E-state index in [2.05, 4.69) is 20.6 Å². The van der Waals surface area contributed by atoms with Crippen molar-refractivity contribution in [2.24, 2.45) is 4.99 Å². The zero-order valence-corrected chi connectivity index (χ0v) is 18.9. The maximum atomic E-state index is 12.6. The number of rotatable bonds is 5. The molecule has 0 spiro atoms. The number of hydrogen-bond acceptors (Lipinski definition) is 4. The van der Waals surface area contributed by atoms with Crippen LogP contribution < -0.4 is 10.6 Å². The number of nitrogens with zero attached hydrogens (tertiary/aromatic N) is 3. The summed E-state index contributed by atoms with van der Waals surface area (Å²) in [5.41, 5.74) is -4.27. The van der Waals surface area contributed by atoms with Crippen molar-refractivity contribution in [1.82, 2.24) is 19.9 Å². The fourth-order valence-corrected chi connectivity index (χ4v) is 3.75. The number of nitrogens with one attached hydrogen (secondary N) is 2. The van der Waals surface area contributed by atoms with Crippen molar-refractivity contribution in [3.8, 4) is 0 Å². The van der Waals surface area contributed by atoms with Gasteiger partial charge in [-0.2, -0.15) is 17.5 Å². The third-order valence-electron chi connectivity index (χ3n) is 4.15. The maximum Gasteiger partial charge on any atom is 0.511 e. The second-order valence-corrected chi connectivity index (χ2v) is 8.32. The van der Waals surface area contributed by atoms with Crippen LogP contribution in [0.1, 0.15) is 18.4 Å². The molecule has 1 aromatic rings. The predicted molar refractivity (Wildman–Crippen MR) is 112 cm³/mol. The Labute approximate surface area is 184 Å². The van der Waals surface area contributed by atoms with Crippen LogP contribution in [0, 0.1) is 0 Å². The van der Waals surface area contributed by atoms with E-state index in [1.54, 1.807) is 19.3 Å². The molecule has 28 heavy (non-hydrogen) atoms. The number of sulfonamides is 1. The van der Waals surface area contributed by atoms with Gasteiger partial charge in [0.1, 0.15) is 5.15 Å². The van der Waals surface area contributed by atoms with Crippen LogP contribution in [0.15, 0.2) is 23.3 Å². The van der Waals surface area contributed by atoms with Crippen molar-refractivity contribution in [2.45, 2.75) is 30.8 Å². The van der Waals surface area contributed by atoms with E-state index < -0.39 is 15.5 Å². The van der Waals surface area contributed by atoms with E-state index >= 15 is 0 Å². The zero-order chi connectivity index (χ0) is 20.1. The first kappa shape index (κ1) is 25.2. The third-order valence-corrected chi connectivity index (χ3v) is 6.00. The van der Waals surface area contributed by atoms with E-state index in [1.807, 2.05) is 6.07 Å². The first-order valence-electron chi connectivity index (χ1n) is 8.27. The summed E-state index contributed by atoms with van der Waals surface area (Å²) in [6, 6.07) is 3.41. The Morgan fingerprint density at radius 3 is 2.50 bits per heavy atom. The van der Waals surface area contributed by atoms with Gasteiger partial charge in [0, 0.05) is 38.9 Å². The van der Waals surface area contributed by atoms with Crippen molar-refractivity contribution < 1.29 is 21.6 Å². The minimum absolute atomic E-state index is 0. The molecule has 2 heterocycles. The molecule has 0 amide bonds. The normalized spacial score (nSPS) is 17.1. The van der Waals surface area contributed by atoms with E-state index in [0.717, 1.165) is 5.56 Å². The minimum atomic E-state index is -5.26. The van der Waals surface area contributed by atoms with Crippen LogP contribution in [0.3, 0.4) is 0 Å². The molecule has 0 atom stereocenters. The molecular formula is C15H22ClF3IN5O2S. The van der Waals surface area contributed by atoms with Crippen molar-refractivity contribution >= 4 is 51.6 Å². The van der Waals surface area contributed by atoms with Gasteiger partial charge in [-0.1, -0.05) is 17.7 Å². The Bertz CT molecular complexity index is 754. The SMILES string of the molecule is CN=C(NCCc1ccc(Cl)nc1)NC1CCN(S(=O)(=O)C(F)(F)F)CC1.I. The molecule has 13 heteroatoms. The molecule has 0 bridgehead atoms. The van der Waals surface area contributed by atoms with Gasteiger partial charge in [-0.3, -0.25) is 4.99 Å². The van der Waals surface area contributed by atoms with Crippen molar-refractivity contribution in [1.29, 1.82) is 0 Å². The van der Waals surface area contributed by atoms with E-state index in [1.165, 1.54) is 0 Å². The highest BCUT2D eigenvalue weighted by atomic mass is 127. The van der Waals surface area contributed by atoms with Gasteiger partial charge in [0.05, 0.1) is 0 Å². The molecule has 160 valence electrons. The van der Waals surface area contributed by atoms with E-state index in [4.69, 9.17) is 11.6 Å². The largest absolute Gasteiger partial charge is 0.511 e. The van der Waals surface area contributed by atoms with Crippen molar-refractivity contribution in [3.05, 3.63) is 29.0 Å². The van der Waals surface area contributed by atoms with Gasteiger partial charge in [-0.05, 0) is 30.9 Å². The van der Waals surface area contributed by atoms with Gasteiger partial charge in [-0.25, -0.2) is 13.4 Å². The topological polar surface area (TPSA) is 86.7 Å². The number of guanidine groups is 1. The van der Waals surface area contributed by atoms with Crippen LogP contribution in [0.2, 0.25) is 5.15 Å². The standard InChI is InChI=1S/C15H21ClF3N5O2S.HI/c1-20-14(21-7-4-11-2-3-13(16)22-10-11)23-12-5-8-24(9-6-12)27(25,26)15(17,18)19;/h2-3,10,12H,4-9H2,1H3,(H2,20,21,23);1H. The van der Waals surface area contributed by atoms with Crippen LogP contribution in [0.4, 0.5) is 13.2 Å². The Balaban J connectivity index is 0.00000392. The predicted octanol–water partition coefficient (Wildman–Crippen LogP) is 2.37. The van der Waals surface area contributed by atoms with Gasteiger partial charge in [0.15, 0.2) is 5.96 Å². The summed E-state index contributed by atoms with van der Waals surface area (Å²) in [6.45, 7) is 0.199. The molecular weight excluding hydrogens is 534 g/mol. The smallest absolute Gasteiger partial charge is 0.356 e. The molecule has 1 aliphatic rings. The number of piperidine rings is 1. The highest BCUT2D eigenvalue weighted by molar-refractivity contribution is 14.0. The van der Waals surface area contributed by atoms with Crippen LogP contribution in [-0.4, -0.2) is 61.9 Å². The molecule has 0 unspecified atom stereocenters. The monoisotopic (exact) mass is 555 g/mol. The summed E-state index contributed by atoms with van der Waals surface area (Å²) in [6.07, 6.45) is 2.89. The first-order chi connectivity index (χ1) is 12.6. The summed E-state index contributed by atoms with van der Waals surface area (Å²) < 4.78 is 61.1. The fourth-order valence-electron chi connectivity index (χ4n) is 2.65. The molecule has 2 rings (SSSR count). The van der Waals surface area contributed by atoms with E-state index in [-0.39, 0.29) is 55.9 Å². The second kappa shape index (κ2) is 10.8. The van der Waals surface area contributed by atoms with Gasteiger partial charge in [-0.15, -0.1) is 24.0 Å². The van der Waals surface area contributed by atoms with Crippen molar-refractivity contribution in [3.63, 3.8) is 0 Å². The molecule has 0 radical (unpaired) electrons. The molecule has 7 nitrogen and oxygen atoms in total. The summed E-state index contributed by atoms with van der Waals surface area (Å²) in [7, 11) is -3.67. The number of alkyl halides is 3. The molecule has 1 fully saturated rings. The minimum Gasteiger partial charge on any atom is -0.356 e. The van der Waals surface area contributed by atoms with Crippen LogP contribution in [0.5, 0.6) is 0 Å². The molecule has 0 aromatic carbocycles. The number of pyridine rings is 1. The van der Waals surface area contributed by atoms with Gasteiger partial charge in [0.2, 0.25) is 0 Å². The summed E-state index contributed by atoms with van der Waals surface area (Å²) >= 11 is 5.73. The van der Waals surface area contributed by atoms with Gasteiger partial charge < -0.3 is 10.6 Å².